The molecule has 1 N–H and O–H groups in total. The van der Waals surface area contributed by atoms with Crippen LogP contribution in [-0.2, 0) is 14.3 Å². The number of benzene rings is 1. The van der Waals surface area contributed by atoms with Gasteiger partial charge in [0.2, 0.25) is 0 Å². The molecular formula is C15H19NO6. The molecular weight excluding hydrogens is 290 g/mol. The van der Waals surface area contributed by atoms with Gasteiger partial charge in [0.25, 0.3) is 6.29 Å². The highest BCUT2D eigenvalue weighted by Crippen LogP contribution is 2.13. The molecule has 0 heterocycles. The number of carboxylic acid groups (broad SMARTS) is 1. The molecule has 7 heteroatoms. The molecule has 22 heavy (non-hydrogen) atoms. The summed E-state index contributed by atoms with van der Waals surface area (Å²) in [5, 5.41) is 8.64. The van der Waals surface area contributed by atoms with E-state index in [1.54, 1.807) is 44.2 Å². The normalized spacial score (nSPS) is 11.6. The molecule has 0 bridgehead atoms. The van der Waals surface area contributed by atoms with E-state index in [4.69, 9.17) is 14.6 Å². The zero-order chi connectivity index (χ0) is 16.7. The second-order valence-electron chi connectivity index (χ2n) is 5.02. The van der Waals surface area contributed by atoms with Crippen molar-refractivity contribution in [3.8, 4) is 0 Å². The van der Waals surface area contributed by atoms with Crippen LogP contribution in [0.2, 0.25) is 0 Å². The lowest BCUT2D eigenvalue weighted by molar-refractivity contribution is -0.139. The molecule has 120 valence electrons. The molecule has 1 amide bonds. The number of hydrogen-bond acceptors (Lipinski definition) is 5. The number of rotatable bonds is 6. The quantitative estimate of drug-likeness (QED) is 0.638. The third-order valence-electron chi connectivity index (χ3n) is 2.68. The minimum atomic E-state index is -1.16. The smallest absolute Gasteiger partial charge is 0.413 e. The molecule has 0 aliphatic rings. The van der Waals surface area contributed by atoms with E-state index in [2.05, 4.69) is 0 Å². The van der Waals surface area contributed by atoms with Crippen LogP contribution in [0.3, 0.4) is 0 Å². The first-order valence-electron chi connectivity index (χ1n) is 6.70. The maximum atomic E-state index is 12.0. The molecule has 1 unspecified atom stereocenters. The van der Waals surface area contributed by atoms with Gasteiger partial charge < -0.3 is 19.5 Å². The van der Waals surface area contributed by atoms with E-state index < -0.39 is 30.9 Å². The summed E-state index contributed by atoms with van der Waals surface area (Å²) < 4.78 is 10.2. The molecule has 1 atom stereocenters. The third-order valence-corrected chi connectivity index (χ3v) is 2.68. The van der Waals surface area contributed by atoms with Crippen LogP contribution in [0.4, 0.5) is 4.79 Å². The summed E-state index contributed by atoms with van der Waals surface area (Å²) in [7, 11) is 1.28. The molecule has 0 aliphatic carbocycles. The Kier molecular flexibility index (Phi) is 6.37. The monoisotopic (exact) mass is 309 g/mol. The summed E-state index contributed by atoms with van der Waals surface area (Å²) in [6, 6.07) is 8.30. The van der Waals surface area contributed by atoms with Crippen LogP contribution in [-0.4, -0.2) is 47.9 Å². The van der Waals surface area contributed by atoms with Crippen LogP contribution in [0.25, 0.3) is 0 Å². The number of aliphatic carboxylic acids is 1. The number of carbonyl (C=O) groups is 3. The first-order chi connectivity index (χ1) is 10.3. The van der Waals surface area contributed by atoms with E-state index in [-0.39, 0.29) is 5.92 Å². The minimum Gasteiger partial charge on any atom is -0.480 e. The van der Waals surface area contributed by atoms with Gasteiger partial charge in [-0.25, -0.2) is 9.59 Å². The number of carboxylic acids is 1. The van der Waals surface area contributed by atoms with Gasteiger partial charge in [0.1, 0.15) is 6.54 Å². The lowest BCUT2D eigenvalue weighted by Gasteiger charge is -2.24. The summed E-state index contributed by atoms with van der Waals surface area (Å²) in [4.78, 5) is 35.2. The Morgan fingerprint density at radius 1 is 1.14 bits per heavy atom. The fourth-order valence-electron chi connectivity index (χ4n) is 1.50. The van der Waals surface area contributed by atoms with Gasteiger partial charge in [-0.3, -0.25) is 4.79 Å². The topological polar surface area (TPSA) is 93.1 Å². The first-order valence-corrected chi connectivity index (χ1v) is 6.70. The first kappa shape index (κ1) is 17.5. The highest BCUT2D eigenvalue weighted by atomic mass is 16.7. The lowest BCUT2D eigenvalue weighted by atomic mass is 10.2. The van der Waals surface area contributed by atoms with Crippen LogP contribution >= 0.6 is 0 Å². The summed E-state index contributed by atoms with van der Waals surface area (Å²) in [6.45, 7) is 2.93. The van der Waals surface area contributed by atoms with Crippen molar-refractivity contribution in [3.05, 3.63) is 35.9 Å². The molecule has 0 aromatic heterocycles. The van der Waals surface area contributed by atoms with Gasteiger partial charge in [-0.1, -0.05) is 32.0 Å². The van der Waals surface area contributed by atoms with Gasteiger partial charge >= 0.3 is 18.0 Å². The van der Waals surface area contributed by atoms with E-state index in [1.807, 2.05) is 0 Å². The Hall–Kier alpha value is -2.57. The van der Waals surface area contributed by atoms with Crippen LogP contribution in [0, 0.1) is 5.92 Å². The van der Waals surface area contributed by atoms with Crippen molar-refractivity contribution < 1.29 is 29.0 Å². The molecule has 1 aromatic carbocycles. The van der Waals surface area contributed by atoms with E-state index in [1.165, 1.54) is 7.05 Å². The van der Waals surface area contributed by atoms with Crippen LogP contribution < -0.4 is 0 Å². The van der Waals surface area contributed by atoms with Gasteiger partial charge in [0.15, 0.2) is 0 Å². The average molecular weight is 309 g/mol. The standard InChI is InChI=1S/C15H19NO6/c1-10(2)14(22-15(20)16(3)9-12(17)18)21-13(19)11-7-5-4-6-8-11/h4-8,10,14H,9H2,1-3H3,(H,17,18). The van der Waals surface area contributed by atoms with Crippen molar-refractivity contribution in [1.82, 2.24) is 4.90 Å². The second-order valence-corrected chi connectivity index (χ2v) is 5.02. The van der Waals surface area contributed by atoms with Crippen LogP contribution in [0.5, 0.6) is 0 Å². The lowest BCUT2D eigenvalue weighted by Crippen LogP contribution is -2.38. The average Bonchev–Trinajstić information content (AvgIpc) is 2.46. The summed E-state index contributed by atoms with van der Waals surface area (Å²) in [5.74, 6) is -2.07. The minimum absolute atomic E-state index is 0.283. The number of esters is 1. The molecule has 0 spiro atoms. The molecule has 0 radical (unpaired) electrons. The Balaban J connectivity index is 2.68. The maximum Gasteiger partial charge on any atom is 0.413 e. The number of carbonyl (C=O) groups excluding carboxylic acids is 2. The van der Waals surface area contributed by atoms with E-state index in [0.717, 1.165) is 4.90 Å². The van der Waals surface area contributed by atoms with Crippen molar-refractivity contribution in [1.29, 1.82) is 0 Å². The summed E-state index contributed by atoms with van der Waals surface area (Å²) in [5.41, 5.74) is 0.336. The zero-order valence-electron chi connectivity index (χ0n) is 12.7. The Morgan fingerprint density at radius 2 is 1.73 bits per heavy atom. The number of nitrogens with zero attached hydrogens (tertiary/aromatic N) is 1. The maximum absolute atomic E-state index is 12.0. The molecule has 0 saturated carbocycles. The Labute approximate surface area is 128 Å². The fourth-order valence-corrected chi connectivity index (χ4v) is 1.50. The third kappa shape index (κ3) is 5.43. The van der Waals surface area contributed by atoms with Crippen molar-refractivity contribution in [3.63, 3.8) is 0 Å². The van der Waals surface area contributed by atoms with E-state index in [9.17, 15) is 14.4 Å². The number of likely N-dealkylation sites (N-methyl/N-ethyl adjacent to an activating group) is 1. The largest absolute Gasteiger partial charge is 0.480 e. The van der Waals surface area contributed by atoms with Crippen LogP contribution in [0.15, 0.2) is 30.3 Å². The predicted molar refractivity (Wildman–Crippen MR) is 77.2 cm³/mol. The number of ether oxygens (including phenoxy) is 2. The number of hydrogen-bond donors (Lipinski definition) is 1. The van der Waals surface area contributed by atoms with Gasteiger partial charge in [-0.15, -0.1) is 0 Å². The molecule has 0 saturated heterocycles. The van der Waals surface area contributed by atoms with Crippen LogP contribution in [0.1, 0.15) is 24.2 Å². The predicted octanol–water partition coefficient (Wildman–Crippen LogP) is 1.98. The molecule has 1 rings (SSSR count). The number of amides is 1. The highest BCUT2D eigenvalue weighted by molar-refractivity contribution is 5.89. The molecule has 0 fully saturated rings. The Bertz CT molecular complexity index is 528. The molecule has 7 nitrogen and oxygen atoms in total. The fraction of sp³-hybridized carbons (Fsp3) is 0.400. The summed E-state index contributed by atoms with van der Waals surface area (Å²) >= 11 is 0. The van der Waals surface area contributed by atoms with E-state index >= 15 is 0 Å². The molecule has 1 aromatic rings. The van der Waals surface area contributed by atoms with Crippen molar-refractivity contribution in [2.75, 3.05) is 13.6 Å². The second kappa shape index (κ2) is 8.02. The summed E-state index contributed by atoms with van der Waals surface area (Å²) in [6.07, 6.45) is -1.97. The van der Waals surface area contributed by atoms with Gasteiger partial charge in [0, 0.05) is 13.0 Å². The Morgan fingerprint density at radius 3 is 2.23 bits per heavy atom. The van der Waals surface area contributed by atoms with Gasteiger partial charge in [-0.05, 0) is 12.1 Å². The zero-order valence-corrected chi connectivity index (χ0v) is 12.7. The van der Waals surface area contributed by atoms with E-state index in [0.29, 0.717) is 5.56 Å². The SMILES string of the molecule is CC(C)C(OC(=O)c1ccccc1)OC(=O)N(C)CC(=O)O. The van der Waals surface area contributed by atoms with Crippen molar-refractivity contribution in [2.24, 2.45) is 5.92 Å². The molecule has 0 aliphatic heterocycles. The van der Waals surface area contributed by atoms with Gasteiger partial charge in [0.05, 0.1) is 5.56 Å². The van der Waals surface area contributed by atoms with Crippen molar-refractivity contribution >= 4 is 18.0 Å². The van der Waals surface area contributed by atoms with Gasteiger partial charge in [-0.2, -0.15) is 0 Å². The van der Waals surface area contributed by atoms with Crippen molar-refractivity contribution in [2.45, 2.75) is 20.1 Å². The highest BCUT2D eigenvalue weighted by Gasteiger charge is 2.25.